The predicted molar refractivity (Wildman–Crippen MR) is 85.1 cm³/mol. The molecule has 1 aliphatic rings. The van der Waals surface area contributed by atoms with E-state index in [1.54, 1.807) is 6.92 Å². The Morgan fingerprint density at radius 1 is 1.33 bits per heavy atom. The van der Waals surface area contributed by atoms with E-state index in [4.69, 9.17) is 4.74 Å². The van der Waals surface area contributed by atoms with E-state index in [9.17, 15) is 4.79 Å². The molecule has 0 amide bonds. The van der Waals surface area contributed by atoms with E-state index in [0.717, 1.165) is 26.2 Å². The highest BCUT2D eigenvalue weighted by Gasteiger charge is 2.19. The van der Waals surface area contributed by atoms with Crippen molar-refractivity contribution < 1.29 is 9.53 Å². The summed E-state index contributed by atoms with van der Waals surface area (Å²) in [7, 11) is 0. The molecule has 0 spiro atoms. The van der Waals surface area contributed by atoms with Gasteiger partial charge in [-0.05, 0) is 51.5 Å². The SMILES string of the molecule is CCN(CCOc1ccccc1C(C)=O)C1CCNCC1. The Bertz CT molecular complexity index is 456. The van der Waals surface area contributed by atoms with Crippen molar-refractivity contribution in [3.05, 3.63) is 29.8 Å². The van der Waals surface area contributed by atoms with Gasteiger partial charge in [0.05, 0.1) is 5.56 Å². The number of likely N-dealkylation sites (N-methyl/N-ethyl adjacent to an activating group) is 1. The number of ether oxygens (including phenoxy) is 1. The van der Waals surface area contributed by atoms with Crippen LogP contribution >= 0.6 is 0 Å². The summed E-state index contributed by atoms with van der Waals surface area (Å²) in [6, 6.07) is 8.13. The zero-order chi connectivity index (χ0) is 15.1. The number of hydrogen-bond donors (Lipinski definition) is 1. The number of piperidine rings is 1. The van der Waals surface area contributed by atoms with Crippen LogP contribution in [0.1, 0.15) is 37.0 Å². The third-order valence-corrected chi connectivity index (χ3v) is 4.13. The third-order valence-electron chi connectivity index (χ3n) is 4.13. The first-order valence-corrected chi connectivity index (χ1v) is 7.90. The molecule has 1 heterocycles. The Labute approximate surface area is 127 Å². The average molecular weight is 290 g/mol. The number of Topliss-reactive ketones (excluding diaryl/α,β-unsaturated/α-hetero) is 1. The smallest absolute Gasteiger partial charge is 0.163 e. The van der Waals surface area contributed by atoms with Gasteiger partial charge < -0.3 is 10.1 Å². The lowest BCUT2D eigenvalue weighted by molar-refractivity contribution is 0.101. The molecule has 1 fully saturated rings. The molecule has 4 nitrogen and oxygen atoms in total. The summed E-state index contributed by atoms with van der Waals surface area (Å²) in [6.07, 6.45) is 2.41. The maximum absolute atomic E-state index is 11.6. The number of nitrogens with zero attached hydrogens (tertiary/aromatic N) is 1. The van der Waals surface area contributed by atoms with Gasteiger partial charge in [0.15, 0.2) is 5.78 Å². The lowest BCUT2D eigenvalue weighted by Crippen LogP contribution is -2.44. The van der Waals surface area contributed by atoms with Crippen molar-refractivity contribution in [2.75, 3.05) is 32.8 Å². The van der Waals surface area contributed by atoms with Crippen molar-refractivity contribution in [2.24, 2.45) is 0 Å². The van der Waals surface area contributed by atoms with Crippen molar-refractivity contribution >= 4 is 5.78 Å². The summed E-state index contributed by atoms with van der Waals surface area (Å²) in [6.45, 7) is 8.57. The molecule has 0 bridgehead atoms. The van der Waals surface area contributed by atoms with Gasteiger partial charge in [0.2, 0.25) is 0 Å². The highest BCUT2D eigenvalue weighted by Crippen LogP contribution is 2.18. The van der Waals surface area contributed by atoms with Crippen LogP contribution in [0.3, 0.4) is 0 Å². The minimum atomic E-state index is 0.0521. The summed E-state index contributed by atoms with van der Waals surface area (Å²) in [5.74, 6) is 0.752. The van der Waals surface area contributed by atoms with Crippen LogP contribution in [0.5, 0.6) is 5.75 Å². The number of nitrogens with one attached hydrogen (secondary N) is 1. The van der Waals surface area contributed by atoms with Crippen molar-refractivity contribution in [2.45, 2.75) is 32.7 Å². The van der Waals surface area contributed by atoms with Crippen LogP contribution in [0.4, 0.5) is 0 Å². The molecule has 2 rings (SSSR count). The van der Waals surface area contributed by atoms with Crippen molar-refractivity contribution in [1.29, 1.82) is 0 Å². The Kier molecular flexibility index (Phi) is 6.21. The second kappa shape index (κ2) is 8.15. The monoisotopic (exact) mass is 290 g/mol. The Hall–Kier alpha value is -1.39. The molecule has 21 heavy (non-hydrogen) atoms. The van der Waals surface area contributed by atoms with Gasteiger partial charge in [-0.1, -0.05) is 19.1 Å². The van der Waals surface area contributed by atoms with E-state index in [-0.39, 0.29) is 5.78 Å². The van der Waals surface area contributed by atoms with Crippen LogP contribution in [0, 0.1) is 0 Å². The van der Waals surface area contributed by atoms with Crippen LogP contribution in [0.25, 0.3) is 0 Å². The van der Waals surface area contributed by atoms with Gasteiger partial charge in [-0.2, -0.15) is 0 Å². The largest absolute Gasteiger partial charge is 0.491 e. The van der Waals surface area contributed by atoms with Gasteiger partial charge in [0, 0.05) is 12.6 Å². The molecular formula is C17H26N2O2. The van der Waals surface area contributed by atoms with E-state index >= 15 is 0 Å². The quantitative estimate of drug-likeness (QED) is 0.783. The maximum atomic E-state index is 11.6. The van der Waals surface area contributed by atoms with Crippen molar-refractivity contribution in [3.63, 3.8) is 0 Å². The first-order valence-electron chi connectivity index (χ1n) is 7.90. The number of rotatable bonds is 7. The van der Waals surface area contributed by atoms with Gasteiger partial charge >= 0.3 is 0 Å². The summed E-state index contributed by atoms with van der Waals surface area (Å²) in [5, 5.41) is 3.40. The second-order valence-corrected chi connectivity index (χ2v) is 5.51. The van der Waals surface area contributed by atoms with Crippen LogP contribution in [0.15, 0.2) is 24.3 Å². The molecule has 0 saturated carbocycles. The molecular weight excluding hydrogens is 264 g/mol. The second-order valence-electron chi connectivity index (χ2n) is 5.51. The molecule has 0 aromatic heterocycles. The predicted octanol–water partition coefficient (Wildman–Crippen LogP) is 2.34. The van der Waals surface area contributed by atoms with E-state index in [1.165, 1.54) is 12.8 Å². The van der Waals surface area contributed by atoms with E-state index < -0.39 is 0 Å². The highest BCUT2D eigenvalue weighted by molar-refractivity contribution is 5.96. The fraction of sp³-hybridized carbons (Fsp3) is 0.588. The minimum Gasteiger partial charge on any atom is -0.491 e. The average Bonchev–Trinajstić information content (AvgIpc) is 2.52. The topological polar surface area (TPSA) is 41.6 Å². The number of hydrogen-bond acceptors (Lipinski definition) is 4. The zero-order valence-electron chi connectivity index (χ0n) is 13.1. The third kappa shape index (κ3) is 4.55. The first-order chi connectivity index (χ1) is 10.2. The summed E-state index contributed by atoms with van der Waals surface area (Å²) < 4.78 is 5.84. The standard InChI is InChI=1S/C17H26N2O2/c1-3-19(15-8-10-18-11-9-15)12-13-21-17-7-5-4-6-16(17)14(2)20/h4-7,15,18H,3,8-13H2,1-2H3. The van der Waals surface area contributed by atoms with Crippen LogP contribution in [-0.2, 0) is 0 Å². The number of carbonyl (C=O) groups excluding carboxylic acids is 1. The normalized spacial score (nSPS) is 16.1. The Balaban J connectivity index is 1.86. The van der Waals surface area contributed by atoms with Crippen LogP contribution in [0.2, 0.25) is 0 Å². The summed E-state index contributed by atoms with van der Waals surface area (Å²) >= 11 is 0. The first kappa shape index (κ1) is 16.0. The molecule has 0 unspecified atom stereocenters. The lowest BCUT2D eigenvalue weighted by Gasteiger charge is -2.33. The molecule has 116 valence electrons. The van der Waals surface area contributed by atoms with E-state index in [0.29, 0.717) is 24.0 Å². The number of para-hydroxylation sites is 1. The van der Waals surface area contributed by atoms with Gasteiger partial charge in [-0.25, -0.2) is 0 Å². The number of benzene rings is 1. The van der Waals surface area contributed by atoms with Gasteiger partial charge in [0.1, 0.15) is 12.4 Å². The lowest BCUT2D eigenvalue weighted by atomic mass is 10.1. The summed E-state index contributed by atoms with van der Waals surface area (Å²) in [4.78, 5) is 14.1. The molecule has 1 aliphatic heterocycles. The molecule has 1 saturated heterocycles. The molecule has 1 aromatic rings. The zero-order valence-corrected chi connectivity index (χ0v) is 13.1. The van der Waals surface area contributed by atoms with Gasteiger partial charge in [-0.3, -0.25) is 9.69 Å². The van der Waals surface area contributed by atoms with Gasteiger partial charge in [-0.15, -0.1) is 0 Å². The van der Waals surface area contributed by atoms with E-state index in [1.807, 2.05) is 24.3 Å². The fourth-order valence-electron chi connectivity index (χ4n) is 2.93. The van der Waals surface area contributed by atoms with Gasteiger partial charge in [0.25, 0.3) is 0 Å². The number of ketones is 1. The van der Waals surface area contributed by atoms with E-state index in [2.05, 4.69) is 17.1 Å². The summed E-state index contributed by atoms with van der Waals surface area (Å²) in [5.41, 5.74) is 0.669. The minimum absolute atomic E-state index is 0.0521. The molecule has 0 atom stereocenters. The Morgan fingerprint density at radius 2 is 2.05 bits per heavy atom. The number of carbonyl (C=O) groups is 1. The molecule has 1 aromatic carbocycles. The molecule has 1 N–H and O–H groups in total. The highest BCUT2D eigenvalue weighted by atomic mass is 16.5. The molecule has 0 radical (unpaired) electrons. The molecule has 0 aliphatic carbocycles. The molecule has 4 heteroatoms. The van der Waals surface area contributed by atoms with Crippen molar-refractivity contribution in [1.82, 2.24) is 10.2 Å². The fourth-order valence-corrected chi connectivity index (χ4v) is 2.93. The maximum Gasteiger partial charge on any atom is 0.163 e. The van der Waals surface area contributed by atoms with Crippen LogP contribution in [-0.4, -0.2) is 49.5 Å². The Morgan fingerprint density at radius 3 is 2.71 bits per heavy atom. The van der Waals surface area contributed by atoms with Crippen molar-refractivity contribution in [3.8, 4) is 5.75 Å². The van der Waals surface area contributed by atoms with Crippen LogP contribution < -0.4 is 10.1 Å².